The molecule has 0 saturated heterocycles. The van der Waals surface area contributed by atoms with Crippen LogP contribution in [0.4, 0.5) is 10.1 Å². The van der Waals surface area contributed by atoms with Crippen LogP contribution in [0, 0.1) is 19.7 Å². The Kier molecular flexibility index (Phi) is 4.81. The van der Waals surface area contributed by atoms with E-state index in [0.717, 1.165) is 28.6 Å². The number of thiocarbonyl (C=S) groups is 1. The van der Waals surface area contributed by atoms with E-state index in [0.29, 0.717) is 11.7 Å². The van der Waals surface area contributed by atoms with E-state index in [2.05, 4.69) is 47.7 Å². The van der Waals surface area contributed by atoms with Gasteiger partial charge in [-0.2, -0.15) is 0 Å². The molecule has 0 amide bonds. The lowest BCUT2D eigenvalue weighted by molar-refractivity contribution is 0.629. The van der Waals surface area contributed by atoms with Gasteiger partial charge in [-0.3, -0.25) is 0 Å². The van der Waals surface area contributed by atoms with E-state index < -0.39 is 0 Å². The van der Waals surface area contributed by atoms with Gasteiger partial charge in [-0.1, -0.05) is 6.07 Å². The molecule has 24 heavy (non-hydrogen) atoms. The van der Waals surface area contributed by atoms with Crippen LogP contribution in [0.25, 0.3) is 10.9 Å². The number of aryl methyl sites for hydroxylation is 2. The summed E-state index contributed by atoms with van der Waals surface area (Å²) in [4.78, 5) is 3.16. The summed E-state index contributed by atoms with van der Waals surface area (Å²) in [6.07, 6.45) is 2.68. The molecule has 3 nitrogen and oxygen atoms in total. The molecule has 124 valence electrons. The molecule has 3 aromatic rings. The lowest BCUT2D eigenvalue weighted by Gasteiger charge is -2.11. The van der Waals surface area contributed by atoms with Gasteiger partial charge >= 0.3 is 0 Å². The largest absolute Gasteiger partial charge is 0.362 e. The standard InChI is InChI=1S/C19H20FN3S/c1-12-7-13(2)9-16(8-12)23-19(24)21-6-5-14-11-22-18-4-3-15(20)10-17(14)18/h3-4,7-11,22H,5-6H2,1-2H3,(H2,21,23,24). The fourth-order valence-electron chi connectivity index (χ4n) is 2.89. The van der Waals surface area contributed by atoms with Crippen LogP contribution in [0.2, 0.25) is 0 Å². The first-order valence-corrected chi connectivity index (χ1v) is 8.31. The number of anilines is 1. The molecule has 1 aromatic heterocycles. The quantitative estimate of drug-likeness (QED) is 0.614. The molecule has 3 N–H and O–H groups in total. The predicted molar refractivity (Wildman–Crippen MR) is 102 cm³/mol. The Labute approximate surface area is 146 Å². The predicted octanol–water partition coefficient (Wildman–Crippen LogP) is 4.45. The minimum absolute atomic E-state index is 0.219. The van der Waals surface area contributed by atoms with Crippen molar-refractivity contribution >= 4 is 33.9 Å². The van der Waals surface area contributed by atoms with Gasteiger partial charge in [-0.15, -0.1) is 0 Å². The Morgan fingerprint density at radius 1 is 1.12 bits per heavy atom. The first-order chi connectivity index (χ1) is 11.5. The first-order valence-electron chi connectivity index (χ1n) is 7.90. The van der Waals surface area contributed by atoms with Gasteiger partial charge in [0.1, 0.15) is 5.82 Å². The maximum atomic E-state index is 13.4. The average Bonchev–Trinajstić information content (AvgIpc) is 2.88. The van der Waals surface area contributed by atoms with Crippen LogP contribution in [-0.2, 0) is 6.42 Å². The van der Waals surface area contributed by atoms with E-state index in [1.54, 1.807) is 12.1 Å². The molecule has 0 aliphatic heterocycles. The van der Waals surface area contributed by atoms with Gasteiger partial charge in [-0.05, 0) is 79.5 Å². The average molecular weight is 341 g/mol. The first kappa shape index (κ1) is 16.5. The molecule has 0 aliphatic carbocycles. The lowest BCUT2D eigenvalue weighted by atomic mass is 10.1. The molecule has 1 heterocycles. The molecular formula is C19H20FN3S. The van der Waals surface area contributed by atoms with Gasteiger partial charge in [0.05, 0.1) is 0 Å². The Hall–Kier alpha value is -2.40. The van der Waals surface area contributed by atoms with Crippen molar-refractivity contribution in [1.29, 1.82) is 0 Å². The second-order valence-corrected chi connectivity index (χ2v) is 6.42. The second-order valence-electron chi connectivity index (χ2n) is 6.01. The summed E-state index contributed by atoms with van der Waals surface area (Å²) in [7, 11) is 0. The number of hydrogen-bond donors (Lipinski definition) is 3. The van der Waals surface area contributed by atoms with Crippen molar-refractivity contribution in [2.45, 2.75) is 20.3 Å². The molecular weight excluding hydrogens is 321 g/mol. The number of halogens is 1. The van der Waals surface area contributed by atoms with Crippen molar-refractivity contribution in [3.8, 4) is 0 Å². The fraction of sp³-hybridized carbons (Fsp3) is 0.211. The van der Waals surface area contributed by atoms with Crippen molar-refractivity contribution in [2.24, 2.45) is 0 Å². The smallest absolute Gasteiger partial charge is 0.170 e. The van der Waals surface area contributed by atoms with Gasteiger partial charge in [0.25, 0.3) is 0 Å². The Morgan fingerprint density at radius 3 is 2.62 bits per heavy atom. The highest BCUT2D eigenvalue weighted by Gasteiger charge is 2.05. The molecule has 0 atom stereocenters. The Balaban J connectivity index is 1.57. The van der Waals surface area contributed by atoms with Gasteiger partial charge < -0.3 is 15.6 Å². The van der Waals surface area contributed by atoms with Crippen LogP contribution in [0.3, 0.4) is 0 Å². The van der Waals surface area contributed by atoms with Crippen molar-refractivity contribution in [3.63, 3.8) is 0 Å². The molecule has 0 fully saturated rings. The molecule has 0 radical (unpaired) electrons. The van der Waals surface area contributed by atoms with E-state index in [-0.39, 0.29) is 5.82 Å². The summed E-state index contributed by atoms with van der Waals surface area (Å²) in [5.41, 5.74) is 5.40. The summed E-state index contributed by atoms with van der Waals surface area (Å²) in [5.74, 6) is -0.219. The van der Waals surface area contributed by atoms with Crippen LogP contribution in [0.5, 0.6) is 0 Å². The van der Waals surface area contributed by atoms with Gasteiger partial charge in [0.2, 0.25) is 0 Å². The third kappa shape index (κ3) is 3.92. The maximum absolute atomic E-state index is 13.4. The number of nitrogens with one attached hydrogen (secondary N) is 3. The SMILES string of the molecule is Cc1cc(C)cc(NC(=S)NCCc2c[nH]c3ccc(F)cc23)c1. The number of hydrogen-bond acceptors (Lipinski definition) is 1. The van der Waals surface area contributed by atoms with Crippen LogP contribution < -0.4 is 10.6 Å². The van der Waals surface area contributed by atoms with Gasteiger partial charge in [0.15, 0.2) is 5.11 Å². The Bertz CT molecular complexity index is 865. The Morgan fingerprint density at radius 2 is 1.88 bits per heavy atom. The number of aromatic amines is 1. The minimum Gasteiger partial charge on any atom is -0.362 e. The zero-order chi connectivity index (χ0) is 17.1. The summed E-state index contributed by atoms with van der Waals surface area (Å²) in [5, 5.41) is 7.91. The summed E-state index contributed by atoms with van der Waals surface area (Å²) in [6.45, 7) is 4.80. The van der Waals surface area contributed by atoms with Gasteiger partial charge in [-0.25, -0.2) is 4.39 Å². The molecule has 3 rings (SSSR count). The van der Waals surface area contributed by atoms with E-state index in [1.165, 1.54) is 17.2 Å². The number of fused-ring (bicyclic) bond motifs is 1. The molecule has 0 saturated carbocycles. The van der Waals surface area contributed by atoms with Crippen molar-refractivity contribution in [2.75, 3.05) is 11.9 Å². The number of H-pyrrole nitrogens is 1. The number of benzene rings is 2. The van der Waals surface area contributed by atoms with Crippen LogP contribution >= 0.6 is 12.2 Å². The van der Waals surface area contributed by atoms with E-state index in [4.69, 9.17) is 12.2 Å². The van der Waals surface area contributed by atoms with Crippen LogP contribution in [-0.4, -0.2) is 16.6 Å². The molecule has 0 aliphatic rings. The molecule has 0 unspecified atom stereocenters. The third-order valence-corrected chi connectivity index (χ3v) is 4.14. The summed E-state index contributed by atoms with van der Waals surface area (Å²) >= 11 is 5.34. The topological polar surface area (TPSA) is 39.8 Å². The summed E-state index contributed by atoms with van der Waals surface area (Å²) < 4.78 is 13.4. The minimum atomic E-state index is -0.219. The number of aromatic nitrogens is 1. The highest BCUT2D eigenvalue weighted by atomic mass is 32.1. The zero-order valence-electron chi connectivity index (χ0n) is 13.7. The summed E-state index contributed by atoms with van der Waals surface area (Å²) in [6, 6.07) is 11.0. The van der Waals surface area contributed by atoms with Crippen molar-refractivity contribution in [3.05, 3.63) is 65.1 Å². The van der Waals surface area contributed by atoms with Crippen LogP contribution in [0.15, 0.2) is 42.6 Å². The zero-order valence-corrected chi connectivity index (χ0v) is 14.6. The molecule has 5 heteroatoms. The van der Waals surface area contributed by atoms with E-state index >= 15 is 0 Å². The van der Waals surface area contributed by atoms with Gasteiger partial charge in [0, 0.05) is 29.3 Å². The monoisotopic (exact) mass is 341 g/mol. The number of rotatable bonds is 4. The molecule has 2 aromatic carbocycles. The maximum Gasteiger partial charge on any atom is 0.170 e. The fourth-order valence-corrected chi connectivity index (χ4v) is 3.11. The van der Waals surface area contributed by atoms with Crippen molar-refractivity contribution < 1.29 is 4.39 Å². The molecule has 0 bridgehead atoms. The van der Waals surface area contributed by atoms with E-state index in [9.17, 15) is 4.39 Å². The van der Waals surface area contributed by atoms with Crippen molar-refractivity contribution in [1.82, 2.24) is 10.3 Å². The molecule has 0 spiro atoms. The lowest BCUT2D eigenvalue weighted by Crippen LogP contribution is -2.30. The second kappa shape index (κ2) is 7.01. The van der Waals surface area contributed by atoms with E-state index in [1.807, 2.05) is 6.20 Å². The highest BCUT2D eigenvalue weighted by Crippen LogP contribution is 2.19. The van der Waals surface area contributed by atoms with Crippen LogP contribution in [0.1, 0.15) is 16.7 Å². The highest BCUT2D eigenvalue weighted by molar-refractivity contribution is 7.80. The normalized spacial score (nSPS) is 10.8. The third-order valence-electron chi connectivity index (χ3n) is 3.89.